The second-order valence-corrected chi connectivity index (χ2v) is 5.33. The lowest BCUT2D eigenvalue weighted by Crippen LogP contribution is -2.55. The van der Waals surface area contributed by atoms with E-state index in [4.69, 9.17) is 14.2 Å². The molecule has 0 aromatic heterocycles. The zero-order valence-electron chi connectivity index (χ0n) is 13.5. The fourth-order valence-corrected chi connectivity index (χ4v) is 2.61. The van der Waals surface area contributed by atoms with Crippen LogP contribution in [0.15, 0.2) is 12.2 Å². The maximum absolute atomic E-state index is 12.5. The summed E-state index contributed by atoms with van der Waals surface area (Å²) >= 11 is 0. The van der Waals surface area contributed by atoms with E-state index in [2.05, 4.69) is 6.58 Å². The van der Waals surface area contributed by atoms with Gasteiger partial charge in [-0.2, -0.15) is 0 Å². The third kappa shape index (κ3) is 3.87. The Morgan fingerprint density at radius 1 is 1.14 bits per heavy atom. The van der Waals surface area contributed by atoms with Crippen LogP contribution < -0.4 is 0 Å². The van der Waals surface area contributed by atoms with Gasteiger partial charge in [0, 0.05) is 5.57 Å². The molecule has 0 aliphatic heterocycles. The number of hydrogen-bond acceptors (Lipinski definition) is 6. The lowest BCUT2D eigenvalue weighted by Gasteiger charge is -2.39. The van der Waals surface area contributed by atoms with Crippen molar-refractivity contribution in [2.45, 2.75) is 52.1 Å². The van der Waals surface area contributed by atoms with E-state index in [1.54, 1.807) is 13.8 Å². The summed E-state index contributed by atoms with van der Waals surface area (Å²) in [6, 6.07) is 0. The first-order valence-electron chi connectivity index (χ1n) is 7.61. The van der Waals surface area contributed by atoms with E-state index in [9.17, 15) is 14.4 Å². The minimum atomic E-state index is -1.61. The summed E-state index contributed by atoms with van der Waals surface area (Å²) in [6.07, 6.45) is 2.09. The van der Waals surface area contributed by atoms with Crippen molar-refractivity contribution < 1.29 is 28.6 Å². The van der Waals surface area contributed by atoms with Crippen molar-refractivity contribution in [3.63, 3.8) is 0 Å². The third-order valence-electron chi connectivity index (χ3n) is 3.67. The second kappa shape index (κ2) is 7.96. The van der Waals surface area contributed by atoms with E-state index in [-0.39, 0.29) is 25.2 Å². The molecule has 1 saturated carbocycles. The molecule has 0 spiro atoms. The highest BCUT2D eigenvalue weighted by molar-refractivity contribution is 5.94. The van der Waals surface area contributed by atoms with Gasteiger partial charge in [-0.3, -0.25) is 4.79 Å². The molecule has 0 bridgehead atoms. The lowest BCUT2D eigenvalue weighted by atomic mass is 9.75. The van der Waals surface area contributed by atoms with Crippen LogP contribution in [0, 0.1) is 5.92 Å². The summed E-state index contributed by atoms with van der Waals surface area (Å²) in [5.74, 6) is -2.78. The van der Waals surface area contributed by atoms with Crippen LogP contribution in [-0.4, -0.2) is 36.7 Å². The molecule has 1 aliphatic rings. The molecule has 0 aromatic rings. The molecule has 2 unspecified atom stereocenters. The third-order valence-corrected chi connectivity index (χ3v) is 3.67. The topological polar surface area (TPSA) is 78.9 Å². The van der Waals surface area contributed by atoms with Crippen molar-refractivity contribution in [2.24, 2.45) is 5.92 Å². The van der Waals surface area contributed by atoms with Crippen LogP contribution in [0.1, 0.15) is 46.5 Å². The van der Waals surface area contributed by atoms with Crippen molar-refractivity contribution in [3.05, 3.63) is 12.2 Å². The quantitative estimate of drug-likeness (QED) is 0.425. The number of rotatable bonds is 6. The molecule has 2 atom stereocenters. The fraction of sp³-hybridized carbons (Fsp3) is 0.688. The maximum atomic E-state index is 12.5. The predicted octanol–water partition coefficient (Wildman–Crippen LogP) is 2.16. The Bertz CT molecular complexity index is 456. The molecule has 124 valence electrons. The Morgan fingerprint density at radius 2 is 1.77 bits per heavy atom. The fourth-order valence-electron chi connectivity index (χ4n) is 2.61. The van der Waals surface area contributed by atoms with Crippen molar-refractivity contribution in [1.29, 1.82) is 0 Å². The van der Waals surface area contributed by atoms with Crippen molar-refractivity contribution in [1.82, 2.24) is 0 Å². The maximum Gasteiger partial charge on any atom is 0.351 e. The smallest absolute Gasteiger partial charge is 0.351 e. The molecule has 0 heterocycles. The van der Waals surface area contributed by atoms with Gasteiger partial charge in [0.25, 0.3) is 0 Å². The van der Waals surface area contributed by atoms with E-state index in [0.29, 0.717) is 12.8 Å². The van der Waals surface area contributed by atoms with Gasteiger partial charge in [0.1, 0.15) is 5.92 Å². The minimum Gasteiger partial charge on any atom is -0.466 e. The van der Waals surface area contributed by atoms with Gasteiger partial charge in [-0.15, -0.1) is 0 Å². The van der Waals surface area contributed by atoms with Crippen LogP contribution in [0.3, 0.4) is 0 Å². The van der Waals surface area contributed by atoms with Crippen LogP contribution in [-0.2, 0) is 28.6 Å². The number of carbonyl (C=O) groups excluding carboxylic acids is 3. The van der Waals surface area contributed by atoms with Crippen molar-refractivity contribution in [3.8, 4) is 0 Å². The molecule has 6 heteroatoms. The SMILES string of the molecule is C=C(C)C(=O)OC1(C(=O)OCC)CCCCC1C(=O)OCC. The monoisotopic (exact) mass is 312 g/mol. The Labute approximate surface area is 130 Å². The summed E-state index contributed by atoms with van der Waals surface area (Å²) in [6.45, 7) is 8.69. The minimum absolute atomic E-state index is 0.140. The first-order chi connectivity index (χ1) is 10.4. The van der Waals surface area contributed by atoms with Crippen LogP contribution in [0.5, 0.6) is 0 Å². The highest BCUT2D eigenvalue weighted by Gasteiger charge is 2.55. The first kappa shape index (κ1) is 18.2. The zero-order valence-corrected chi connectivity index (χ0v) is 13.5. The molecule has 1 rings (SSSR count). The summed E-state index contributed by atoms with van der Waals surface area (Å²) in [5.41, 5.74) is -1.45. The normalized spacial score (nSPS) is 24.2. The number of esters is 3. The largest absolute Gasteiger partial charge is 0.466 e. The molecular weight excluding hydrogens is 288 g/mol. The van der Waals surface area contributed by atoms with Gasteiger partial charge in [-0.05, 0) is 40.0 Å². The van der Waals surface area contributed by atoms with Gasteiger partial charge in [0.2, 0.25) is 5.60 Å². The molecular formula is C16H24O6. The highest BCUT2D eigenvalue weighted by atomic mass is 16.6. The summed E-state index contributed by atoms with van der Waals surface area (Å²) in [5, 5.41) is 0. The molecule has 0 radical (unpaired) electrons. The van der Waals surface area contributed by atoms with Gasteiger partial charge in [-0.25, -0.2) is 9.59 Å². The van der Waals surface area contributed by atoms with Gasteiger partial charge in [-0.1, -0.05) is 13.0 Å². The summed E-state index contributed by atoms with van der Waals surface area (Å²) in [7, 11) is 0. The van der Waals surface area contributed by atoms with Crippen molar-refractivity contribution >= 4 is 17.9 Å². The first-order valence-corrected chi connectivity index (χ1v) is 7.61. The van der Waals surface area contributed by atoms with Gasteiger partial charge < -0.3 is 14.2 Å². The average molecular weight is 312 g/mol. The van der Waals surface area contributed by atoms with Crippen LogP contribution in [0.4, 0.5) is 0 Å². The highest BCUT2D eigenvalue weighted by Crippen LogP contribution is 2.39. The predicted molar refractivity (Wildman–Crippen MR) is 78.9 cm³/mol. The van der Waals surface area contributed by atoms with Gasteiger partial charge >= 0.3 is 17.9 Å². The van der Waals surface area contributed by atoms with Crippen molar-refractivity contribution in [2.75, 3.05) is 13.2 Å². The number of ether oxygens (including phenoxy) is 3. The standard InChI is InChI=1S/C16H24O6/c1-5-20-14(18)12-9-7-8-10-16(12,15(19)21-6-2)22-13(17)11(3)4/h12H,3,5-10H2,1-2,4H3. The number of hydrogen-bond donors (Lipinski definition) is 0. The van der Waals surface area contributed by atoms with Gasteiger partial charge in [0.15, 0.2) is 0 Å². The Morgan fingerprint density at radius 3 is 2.32 bits per heavy atom. The lowest BCUT2D eigenvalue weighted by molar-refractivity contribution is -0.198. The second-order valence-electron chi connectivity index (χ2n) is 5.33. The van der Waals surface area contributed by atoms with Crippen LogP contribution in [0.2, 0.25) is 0 Å². The molecule has 0 saturated heterocycles. The molecule has 22 heavy (non-hydrogen) atoms. The Kier molecular flexibility index (Phi) is 6.59. The summed E-state index contributed by atoms with van der Waals surface area (Å²) < 4.78 is 15.5. The Hall–Kier alpha value is -1.85. The average Bonchev–Trinajstić information content (AvgIpc) is 2.47. The Balaban J connectivity index is 3.18. The van der Waals surface area contributed by atoms with E-state index in [0.717, 1.165) is 6.42 Å². The van der Waals surface area contributed by atoms with Gasteiger partial charge in [0.05, 0.1) is 13.2 Å². The molecule has 1 aliphatic carbocycles. The number of carbonyl (C=O) groups is 3. The zero-order chi connectivity index (χ0) is 16.8. The molecule has 0 N–H and O–H groups in total. The molecule has 0 aromatic carbocycles. The molecule has 6 nitrogen and oxygen atoms in total. The van der Waals surface area contributed by atoms with Crippen LogP contribution in [0.25, 0.3) is 0 Å². The molecule has 1 fully saturated rings. The molecule has 0 amide bonds. The van der Waals surface area contributed by atoms with E-state index >= 15 is 0 Å². The van der Waals surface area contributed by atoms with Crippen LogP contribution >= 0.6 is 0 Å². The van der Waals surface area contributed by atoms with E-state index in [1.807, 2.05) is 0 Å². The van der Waals surface area contributed by atoms with E-state index in [1.165, 1.54) is 6.92 Å². The summed E-state index contributed by atoms with van der Waals surface area (Å²) in [4.78, 5) is 36.7. The van der Waals surface area contributed by atoms with E-state index < -0.39 is 29.4 Å².